The first-order valence-electron chi connectivity index (χ1n) is 6.02. The molecule has 0 saturated heterocycles. The summed E-state index contributed by atoms with van der Waals surface area (Å²) in [6.45, 7) is 7.49. The maximum Gasteiger partial charge on any atom is 0.223 e. The van der Waals surface area contributed by atoms with E-state index >= 15 is 0 Å². The van der Waals surface area contributed by atoms with Gasteiger partial charge in [0.1, 0.15) is 0 Å². The summed E-state index contributed by atoms with van der Waals surface area (Å²) in [6, 6.07) is 0.281. The van der Waals surface area contributed by atoms with Gasteiger partial charge in [-0.15, -0.1) is 12.4 Å². The van der Waals surface area contributed by atoms with Gasteiger partial charge in [-0.3, -0.25) is 4.79 Å². The van der Waals surface area contributed by atoms with Crippen LogP contribution in [0.25, 0.3) is 0 Å². The molecule has 0 spiro atoms. The van der Waals surface area contributed by atoms with E-state index in [1.54, 1.807) is 0 Å². The fraction of sp³-hybridized carbons (Fsp3) is 0.917. The van der Waals surface area contributed by atoms with Crippen molar-refractivity contribution in [1.29, 1.82) is 0 Å². The van der Waals surface area contributed by atoms with Crippen molar-refractivity contribution in [2.75, 3.05) is 20.2 Å². The molecule has 1 saturated carbocycles. The summed E-state index contributed by atoms with van der Waals surface area (Å²) in [5, 5.41) is 0. The molecular weight excluding hydrogens is 240 g/mol. The fourth-order valence-electron chi connectivity index (χ4n) is 2.48. The van der Waals surface area contributed by atoms with E-state index in [2.05, 4.69) is 13.8 Å². The lowest BCUT2D eigenvalue weighted by Gasteiger charge is -2.54. The highest BCUT2D eigenvalue weighted by Crippen LogP contribution is 2.45. The highest BCUT2D eigenvalue weighted by Gasteiger charge is 2.51. The monoisotopic (exact) mass is 264 g/mol. The molecule has 2 atom stereocenters. The molecule has 0 aromatic heterocycles. The Morgan fingerprint density at radius 1 is 1.53 bits per heavy atom. The van der Waals surface area contributed by atoms with Gasteiger partial charge in [0.2, 0.25) is 5.91 Å². The van der Waals surface area contributed by atoms with Crippen LogP contribution in [0.3, 0.4) is 0 Å². The summed E-state index contributed by atoms with van der Waals surface area (Å²) in [5.74, 6) is 0.135. The van der Waals surface area contributed by atoms with E-state index in [1.807, 2.05) is 18.9 Å². The van der Waals surface area contributed by atoms with Crippen molar-refractivity contribution in [3.63, 3.8) is 0 Å². The van der Waals surface area contributed by atoms with E-state index in [1.165, 1.54) is 0 Å². The molecule has 0 aromatic carbocycles. The second-order valence-electron chi connectivity index (χ2n) is 5.06. The van der Waals surface area contributed by atoms with Crippen LogP contribution >= 0.6 is 12.4 Å². The molecule has 1 fully saturated rings. The van der Waals surface area contributed by atoms with Crippen molar-refractivity contribution in [2.24, 2.45) is 11.1 Å². The number of nitrogens with two attached hydrogens (primary N) is 1. The molecule has 0 aromatic rings. The van der Waals surface area contributed by atoms with Gasteiger partial charge >= 0.3 is 0 Å². The Bertz CT molecular complexity index is 259. The predicted octanol–water partition coefficient (Wildman–Crippen LogP) is 1.42. The van der Waals surface area contributed by atoms with Gasteiger partial charge in [-0.05, 0) is 13.3 Å². The highest BCUT2D eigenvalue weighted by atomic mass is 35.5. The molecule has 0 radical (unpaired) electrons. The Kier molecular flexibility index (Phi) is 6.45. The predicted molar refractivity (Wildman–Crippen MR) is 71.3 cm³/mol. The number of carbonyl (C=O) groups is 1. The van der Waals surface area contributed by atoms with Crippen LogP contribution in [0.2, 0.25) is 0 Å². The lowest BCUT2D eigenvalue weighted by atomic mass is 9.63. The largest absolute Gasteiger partial charge is 0.378 e. The minimum atomic E-state index is 0. The highest BCUT2D eigenvalue weighted by molar-refractivity contribution is 5.85. The van der Waals surface area contributed by atoms with E-state index in [0.717, 1.165) is 13.0 Å². The quantitative estimate of drug-likeness (QED) is 0.817. The summed E-state index contributed by atoms with van der Waals surface area (Å²) in [7, 11) is 1.87. The Hall–Kier alpha value is -0.320. The van der Waals surface area contributed by atoms with Crippen LogP contribution in [0, 0.1) is 5.41 Å². The minimum absolute atomic E-state index is 0. The molecule has 2 N–H and O–H groups in total. The van der Waals surface area contributed by atoms with Crippen LogP contribution < -0.4 is 5.73 Å². The molecule has 0 bridgehead atoms. The summed E-state index contributed by atoms with van der Waals surface area (Å²) < 4.78 is 5.65. The normalized spacial score (nSPS) is 25.7. The zero-order valence-electron chi connectivity index (χ0n) is 11.2. The first-order chi connectivity index (χ1) is 7.45. The van der Waals surface area contributed by atoms with E-state index in [0.29, 0.717) is 13.0 Å². The Labute approximate surface area is 110 Å². The smallest absolute Gasteiger partial charge is 0.223 e. The maximum absolute atomic E-state index is 11.7. The van der Waals surface area contributed by atoms with E-state index < -0.39 is 0 Å². The van der Waals surface area contributed by atoms with Gasteiger partial charge in [-0.2, -0.15) is 0 Å². The van der Waals surface area contributed by atoms with Crippen LogP contribution in [0.5, 0.6) is 0 Å². The van der Waals surface area contributed by atoms with E-state index in [-0.39, 0.29) is 35.9 Å². The third kappa shape index (κ3) is 3.33. The fourth-order valence-corrected chi connectivity index (χ4v) is 2.48. The first kappa shape index (κ1) is 16.7. The molecule has 1 aliphatic carbocycles. The second-order valence-corrected chi connectivity index (χ2v) is 5.06. The summed E-state index contributed by atoms with van der Waals surface area (Å²) in [4.78, 5) is 13.6. The zero-order valence-corrected chi connectivity index (χ0v) is 12.0. The number of ether oxygens (including phenoxy) is 1. The van der Waals surface area contributed by atoms with E-state index in [4.69, 9.17) is 10.5 Å². The van der Waals surface area contributed by atoms with Crippen LogP contribution in [-0.2, 0) is 9.53 Å². The molecule has 0 heterocycles. The number of nitrogens with zero attached hydrogens (tertiary/aromatic N) is 1. The number of amides is 1. The Morgan fingerprint density at radius 2 is 2.12 bits per heavy atom. The third-order valence-electron chi connectivity index (χ3n) is 3.71. The van der Waals surface area contributed by atoms with Crippen molar-refractivity contribution in [3.05, 3.63) is 0 Å². The maximum atomic E-state index is 11.7. The lowest BCUT2D eigenvalue weighted by Crippen LogP contribution is -2.62. The molecule has 102 valence electrons. The number of carbonyl (C=O) groups excluding carboxylic acids is 1. The van der Waals surface area contributed by atoms with Crippen molar-refractivity contribution >= 4 is 18.3 Å². The van der Waals surface area contributed by atoms with Crippen LogP contribution in [0.1, 0.15) is 33.6 Å². The van der Waals surface area contributed by atoms with Crippen LogP contribution in [0.15, 0.2) is 0 Å². The average Bonchev–Trinajstić information content (AvgIpc) is 2.23. The van der Waals surface area contributed by atoms with Gasteiger partial charge in [-0.25, -0.2) is 0 Å². The number of rotatable bonds is 5. The number of halogens is 1. The van der Waals surface area contributed by atoms with Crippen molar-refractivity contribution in [1.82, 2.24) is 4.90 Å². The van der Waals surface area contributed by atoms with Gasteiger partial charge in [0, 0.05) is 38.1 Å². The summed E-state index contributed by atoms with van der Waals surface area (Å²) in [6.07, 6.45) is 1.64. The van der Waals surface area contributed by atoms with Crippen molar-refractivity contribution < 1.29 is 9.53 Å². The Balaban J connectivity index is 0.00000256. The SMILES string of the molecule is CCOC1CC(N(C)C(=O)CCN)C1(C)C.Cl. The lowest BCUT2D eigenvalue weighted by molar-refractivity contribution is -0.163. The molecular formula is C12H25ClN2O2. The number of hydrogen-bond acceptors (Lipinski definition) is 3. The topological polar surface area (TPSA) is 55.6 Å². The third-order valence-corrected chi connectivity index (χ3v) is 3.71. The molecule has 5 heteroatoms. The minimum Gasteiger partial charge on any atom is -0.378 e. The number of hydrogen-bond donors (Lipinski definition) is 1. The molecule has 0 aliphatic heterocycles. The van der Waals surface area contributed by atoms with Gasteiger partial charge in [0.25, 0.3) is 0 Å². The molecule has 1 rings (SSSR count). The standard InChI is InChI=1S/C12H24N2O2.ClH/c1-5-16-10-8-9(12(10,2)3)14(4)11(15)6-7-13;/h9-10H,5-8,13H2,1-4H3;1H. The molecule has 4 nitrogen and oxygen atoms in total. The van der Waals surface area contributed by atoms with E-state index in [9.17, 15) is 4.79 Å². The zero-order chi connectivity index (χ0) is 12.3. The second kappa shape index (κ2) is 6.57. The molecule has 2 unspecified atom stereocenters. The van der Waals surface area contributed by atoms with Gasteiger partial charge in [-0.1, -0.05) is 13.8 Å². The molecule has 1 amide bonds. The molecule has 1 aliphatic rings. The van der Waals surface area contributed by atoms with Crippen molar-refractivity contribution in [3.8, 4) is 0 Å². The molecule has 17 heavy (non-hydrogen) atoms. The Morgan fingerprint density at radius 3 is 2.53 bits per heavy atom. The summed E-state index contributed by atoms with van der Waals surface area (Å²) >= 11 is 0. The average molecular weight is 265 g/mol. The van der Waals surface area contributed by atoms with Crippen LogP contribution in [0.4, 0.5) is 0 Å². The first-order valence-corrected chi connectivity index (χ1v) is 6.02. The summed E-state index contributed by atoms with van der Waals surface area (Å²) in [5.41, 5.74) is 5.45. The van der Waals surface area contributed by atoms with Crippen molar-refractivity contribution in [2.45, 2.75) is 45.8 Å². The van der Waals surface area contributed by atoms with Gasteiger partial charge in [0.05, 0.1) is 6.10 Å². The van der Waals surface area contributed by atoms with Gasteiger partial charge < -0.3 is 15.4 Å². The van der Waals surface area contributed by atoms with Crippen LogP contribution in [-0.4, -0.2) is 43.2 Å². The van der Waals surface area contributed by atoms with Gasteiger partial charge in [0.15, 0.2) is 0 Å².